The van der Waals surface area contributed by atoms with Crippen molar-refractivity contribution in [3.8, 4) is 11.5 Å². The Hall–Kier alpha value is -4.51. The summed E-state index contributed by atoms with van der Waals surface area (Å²) in [5.74, 6) is -0.277. The normalized spacial score (nSPS) is 16.7. The zero-order valence-electron chi connectivity index (χ0n) is 21.2. The highest BCUT2D eigenvalue weighted by molar-refractivity contribution is 6.00. The van der Waals surface area contributed by atoms with E-state index in [1.807, 2.05) is 18.2 Å². The van der Waals surface area contributed by atoms with Crippen molar-refractivity contribution in [2.24, 2.45) is 5.73 Å². The fourth-order valence-corrected chi connectivity index (χ4v) is 4.25. The molecule has 4 aromatic rings. The van der Waals surface area contributed by atoms with E-state index < -0.39 is 11.7 Å². The zero-order chi connectivity index (χ0) is 26.8. The number of hydrogen-bond acceptors (Lipinski definition) is 9. The van der Waals surface area contributed by atoms with E-state index >= 15 is 0 Å². The van der Waals surface area contributed by atoms with Gasteiger partial charge in [-0.25, -0.2) is 14.4 Å². The fraction of sp³-hybridized carbons (Fsp3) is 0.259. The second kappa shape index (κ2) is 10.5. The number of anilines is 4. The number of para-hydroxylation sites is 1. The average molecular weight is 518 g/mol. The van der Waals surface area contributed by atoms with Crippen molar-refractivity contribution in [1.82, 2.24) is 19.9 Å². The van der Waals surface area contributed by atoms with Gasteiger partial charge in [-0.2, -0.15) is 4.98 Å². The van der Waals surface area contributed by atoms with Gasteiger partial charge in [0, 0.05) is 23.2 Å². The number of carbonyl (C=O) groups is 1. The maximum absolute atomic E-state index is 14.7. The van der Waals surface area contributed by atoms with Crippen molar-refractivity contribution in [2.45, 2.75) is 25.0 Å². The van der Waals surface area contributed by atoms with E-state index in [2.05, 4.69) is 44.6 Å². The highest BCUT2D eigenvalue weighted by Gasteiger charge is 2.32. The molecule has 1 fully saturated rings. The summed E-state index contributed by atoms with van der Waals surface area (Å²) >= 11 is 0. The predicted molar refractivity (Wildman–Crippen MR) is 143 cm³/mol. The lowest BCUT2D eigenvalue weighted by Crippen LogP contribution is -2.46. The van der Waals surface area contributed by atoms with Gasteiger partial charge in [0.2, 0.25) is 5.95 Å². The molecule has 0 spiro atoms. The molecule has 4 N–H and O–H groups in total. The molecule has 0 radical (unpaired) electrons. The minimum Gasteiger partial charge on any atom is -0.493 e. The van der Waals surface area contributed by atoms with E-state index in [0.29, 0.717) is 28.7 Å². The standard InChI is InChI=1S/C27H28FN7O3/c1-35(2)17-12-18(13-17)38-22-9-8-16(11-23(22)37-3)31-27-30-14-19(28)26(34-27)33-21-10-15-6-4-5-7-20(15)32-24(21)25(29)36/h4-11,14,17-18H,12-13H2,1-3H3,(H2,29,36)(H2,30,31,33,34). The van der Waals surface area contributed by atoms with Gasteiger partial charge in [0.25, 0.3) is 5.91 Å². The minimum absolute atomic E-state index is 0.0279. The lowest BCUT2D eigenvalue weighted by atomic mass is 9.88. The van der Waals surface area contributed by atoms with Gasteiger partial charge < -0.3 is 30.7 Å². The molecular weight excluding hydrogens is 489 g/mol. The zero-order valence-corrected chi connectivity index (χ0v) is 21.2. The van der Waals surface area contributed by atoms with E-state index in [0.717, 1.165) is 24.4 Å². The Morgan fingerprint density at radius 3 is 2.61 bits per heavy atom. The molecule has 0 bridgehead atoms. The number of ether oxygens (including phenoxy) is 2. The molecule has 0 atom stereocenters. The highest BCUT2D eigenvalue weighted by Crippen LogP contribution is 2.36. The lowest BCUT2D eigenvalue weighted by molar-refractivity contribution is 0.0383. The fourth-order valence-electron chi connectivity index (χ4n) is 4.25. The number of benzene rings is 2. The van der Waals surface area contributed by atoms with Crippen LogP contribution in [-0.2, 0) is 0 Å². The van der Waals surface area contributed by atoms with Gasteiger partial charge >= 0.3 is 0 Å². The molecule has 38 heavy (non-hydrogen) atoms. The maximum atomic E-state index is 14.7. The second-order valence-corrected chi connectivity index (χ2v) is 9.28. The number of halogens is 1. The topological polar surface area (TPSA) is 128 Å². The van der Waals surface area contributed by atoms with E-state index in [1.165, 1.54) is 0 Å². The third-order valence-electron chi connectivity index (χ3n) is 6.47. The first-order valence-electron chi connectivity index (χ1n) is 12.1. The first-order chi connectivity index (χ1) is 18.3. The van der Waals surface area contributed by atoms with E-state index in [-0.39, 0.29) is 29.3 Å². The van der Waals surface area contributed by atoms with Gasteiger partial charge in [0.15, 0.2) is 28.8 Å². The van der Waals surface area contributed by atoms with Gasteiger partial charge in [0.05, 0.1) is 24.5 Å². The van der Waals surface area contributed by atoms with Crippen molar-refractivity contribution in [1.29, 1.82) is 0 Å². The molecule has 2 aromatic heterocycles. The van der Waals surface area contributed by atoms with Crippen LogP contribution in [0.2, 0.25) is 0 Å². The van der Waals surface area contributed by atoms with Crippen molar-refractivity contribution >= 4 is 40.0 Å². The molecule has 10 nitrogen and oxygen atoms in total. The smallest absolute Gasteiger partial charge is 0.269 e. The van der Waals surface area contributed by atoms with E-state index in [1.54, 1.807) is 37.4 Å². The molecule has 1 aliphatic carbocycles. The third kappa shape index (κ3) is 5.28. The van der Waals surface area contributed by atoms with Crippen molar-refractivity contribution < 1.29 is 18.7 Å². The number of nitrogens with two attached hydrogens (primary N) is 1. The summed E-state index contributed by atoms with van der Waals surface area (Å²) in [6, 6.07) is 14.8. The Morgan fingerprint density at radius 1 is 1.08 bits per heavy atom. The summed E-state index contributed by atoms with van der Waals surface area (Å²) < 4.78 is 26.3. The number of fused-ring (bicyclic) bond motifs is 1. The van der Waals surface area contributed by atoms with Crippen LogP contribution >= 0.6 is 0 Å². The van der Waals surface area contributed by atoms with Gasteiger partial charge in [-0.15, -0.1) is 0 Å². The van der Waals surface area contributed by atoms with E-state index in [4.69, 9.17) is 15.2 Å². The number of nitrogens with one attached hydrogen (secondary N) is 2. The van der Waals surface area contributed by atoms with E-state index in [9.17, 15) is 9.18 Å². The maximum Gasteiger partial charge on any atom is 0.269 e. The molecule has 2 aromatic carbocycles. The molecule has 0 unspecified atom stereocenters. The number of primary amides is 1. The van der Waals surface area contributed by atoms with Crippen LogP contribution in [0.5, 0.6) is 11.5 Å². The molecule has 196 valence electrons. The summed E-state index contributed by atoms with van der Waals surface area (Å²) in [7, 11) is 5.70. The Kier molecular flexibility index (Phi) is 6.93. The largest absolute Gasteiger partial charge is 0.493 e. The number of amides is 1. The van der Waals surface area contributed by atoms with Crippen LogP contribution in [0.3, 0.4) is 0 Å². The Balaban J connectivity index is 1.35. The minimum atomic E-state index is -0.750. The number of rotatable bonds is 9. The number of methoxy groups -OCH3 is 1. The Morgan fingerprint density at radius 2 is 1.87 bits per heavy atom. The SMILES string of the molecule is COc1cc(Nc2ncc(F)c(Nc3cc4ccccc4nc3C(N)=O)n2)ccc1OC1CC(N(C)C)C1. The molecule has 5 rings (SSSR count). The van der Waals surface area contributed by atoms with Crippen LogP contribution in [0.25, 0.3) is 10.9 Å². The van der Waals surface area contributed by atoms with Crippen molar-refractivity contribution in [3.63, 3.8) is 0 Å². The van der Waals surface area contributed by atoms with Gasteiger partial charge in [-0.1, -0.05) is 18.2 Å². The molecule has 0 aliphatic heterocycles. The summed E-state index contributed by atoms with van der Waals surface area (Å²) in [4.78, 5) is 26.8. The Labute approximate surface area is 219 Å². The van der Waals surface area contributed by atoms with Gasteiger partial charge in [-0.05, 0) is 51.2 Å². The summed E-state index contributed by atoms with van der Waals surface area (Å²) in [5.41, 5.74) is 6.94. The average Bonchev–Trinajstić information content (AvgIpc) is 2.87. The van der Waals surface area contributed by atoms with Crippen LogP contribution in [0, 0.1) is 5.82 Å². The van der Waals surface area contributed by atoms with Crippen LogP contribution in [0.15, 0.2) is 54.7 Å². The monoisotopic (exact) mass is 517 g/mol. The highest BCUT2D eigenvalue weighted by atomic mass is 19.1. The van der Waals surface area contributed by atoms with Crippen LogP contribution in [0.1, 0.15) is 23.3 Å². The lowest BCUT2D eigenvalue weighted by Gasteiger charge is -2.39. The summed E-state index contributed by atoms with van der Waals surface area (Å²) in [5, 5.41) is 6.64. The molecule has 2 heterocycles. The van der Waals surface area contributed by atoms with Crippen molar-refractivity contribution in [2.75, 3.05) is 31.8 Å². The number of hydrogen-bond donors (Lipinski definition) is 3. The number of aromatic nitrogens is 3. The summed E-state index contributed by atoms with van der Waals surface area (Å²) in [6.45, 7) is 0. The van der Waals surface area contributed by atoms with Gasteiger partial charge in [0.1, 0.15) is 6.10 Å². The number of carbonyl (C=O) groups excluding carboxylic acids is 1. The third-order valence-corrected chi connectivity index (χ3v) is 6.47. The van der Waals surface area contributed by atoms with Crippen LogP contribution in [0.4, 0.5) is 27.5 Å². The van der Waals surface area contributed by atoms with Crippen LogP contribution < -0.4 is 25.8 Å². The second-order valence-electron chi connectivity index (χ2n) is 9.28. The molecule has 1 saturated carbocycles. The molecular formula is C27H28FN7O3. The van der Waals surface area contributed by atoms with Crippen LogP contribution in [-0.4, -0.2) is 59.1 Å². The molecule has 1 amide bonds. The summed E-state index contributed by atoms with van der Waals surface area (Å²) in [6.07, 6.45) is 3.08. The van der Waals surface area contributed by atoms with Crippen molar-refractivity contribution in [3.05, 3.63) is 66.2 Å². The first kappa shape index (κ1) is 25.2. The quantitative estimate of drug-likeness (QED) is 0.299. The Bertz CT molecular complexity index is 1490. The molecule has 0 saturated heterocycles. The first-order valence-corrected chi connectivity index (χ1v) is 12.1. The number of nitrogens with zero attached hydrogens (tertiary/aromatic N) is 4. The predicted octanol–water partition coefficient (Wildman–Crippen LogP) is 4.23. The molecule has 11 heteroatoms. The number of pyridine rings is 1. The van der Waals surface area contributed by atoms with Gasteiger partial charge in [-0.3, -0.25) is 4.79 Å². The molecule has 1 aliphatic rings.